The molecule has 1 atom stereocenters. The first-order valence-corrected chi connectivity index (χ1v) is 9.42. The Kier molecular flexibility index (Phi) is 5.70. The molecule has 0 bridgehead atoms. The second-order valence-electron chi connectivity index (χ2n) is 6.92. The van der Waals surface area contributed by atoms with E-state index in [-0.39, 0.29) is 6.17 Å². The summed E-state index contributed by atoms with van der Waals surface area (Å²) in [6.07, 6.45) is 9.96. The van der Waals surface area contributed by atoms with Gasteiger partial charge in [0.25, 0.3) is 0 Å². The number of para-hydroxylation sites is 1. The molecular formula is C23H20F2N4O. The van der Waals surface area contributed by atoms with Gasteiger partial charge in [0.15, 0.2) is 0 Å². The van der Waals surface area contributed by atoms with Crippen LogP contribution in [0.5, 0.6) is 5.75 Å². The van der Waals surface area contributed by atoms with Crippen molar-refractivity contribution in [2.24, 2.45) is 0 Å². The highest BCUT2D eigenvalue weighted by atomic mass is 19.1. The molecule has 0 fully saturated rings. The Balaban J connectivity index is 1.59. The summed E-state index contributed by atoms with van der Waals surface area (Å²) >= 11 is 0. The van der Waals surface area contributed by atoms with E-state index in [0.717, 1.165) is 17.4 Å². The molecule has 2 aromatic carbocycles. The van der Waals surface area contributed by atoms with E-state index in [9.17, 15) is 8.78 Å². The Morgan fingerprint density at radius 1 is 1.07 bits per heavy atom. The van der Waals surface area contributed by atoms with E-state index in [0.29, 0.717) is 23.6 Å². The van der Waals surface area contributed by atoms with Crippen LogP contribution >= 0.6 is 0 Å². The van der Waals surface area contributed by atoms with Crippen molar-refractivity contribution >= 4 is 5.69 Å². The van der Waals surface area contributed by atoms with Crippen molar-refractivity contribution in [2.45, 2.75) is 19.6 Å². The number of aryl methyl sites for hydroxylation is 1. The second-order valence-corrected chi connectivity index (χ2v) is 6.92. The average molecular weight is 406 g/mol. The molecule has 1 aliphatic rings. The Bertz CT molecular complexity index is 1070. The molecule has 2 heterocycles. The van der Waals surface area contributed by atoms with Gasteiger partial charge >= 0.3 is 0 Å². The van der Waals surface area contributed by atoms with Crippen molar-refractivity contribution in [3.63, 3.8) is 0 Å². The zero-order valence-corrected chi connectivity index (χ0v) is 16.3. The Hall–Kier alpha value is -3.74. The molecule has 0 saturated heterocycles. The molecule has 7 heteroatoms. The molecular weight excluding hydrogens is 386 g/mol. The number of ether oxygens (including phenoxy) is 1. The van der Waals surface area contributed by atoms with Gasteiger partial charge in [0.2, 0.25) is 0 Å². The van der Waals surface area contributed by atoms with Crippen LogP contribution in [0.1, 0.15) is 11.1 Å². The highest BCUT2D eigenvalue weighted by Gasteiger charge is 2.20. The largest absolute Gasteiger partial charge is 0.457 e. The van der Waals surface area contributed by atoms with Crippen LogP contribution in [0.2, 0.25) is 0 Å². The molecule has 152 valence electrons. The maximum absolute atomic E-state index is 13.6. The quantitative estimate of drug-likeness (QED) is 0.638. The van der Waals surface area contributed by atoms with Gasteiger partial charge < -0.3 is 15.0 Å². The zero-order valence-electron chi connectivity index (χ0n) is 16.3. The zero-order chi connectivity index (χ0) is 20.9. The van der Waals surface area contributed by atoms with E-state index in [1.165, 1.54) is 18.5 Å². The number of rotatable bonds is 6. The van der Waals surface area contributed by atoms with Crippen molar-refractivity contribution < 1.29 is 13.5 Å². The van der Waals surface area contributed by atoms with Crippen LogP contribution in [0.4, 0.5) is 14.5 Å². The van der Waals surface area contributed by atoms with Gasteiger partial charge in [0.05, 0.1) is 18.1 Å². The molecule has 30 heavy (non-hydrogen) atoms. The Morgan fingerprint density at radius 2 is 1.80 bits per heavy atom. The molecule has 1 aliphatic heterocycles. The maximum Gasteiger partial charge on any atom is 0.130 e. The second kappa shape index (κ2) is 8.73. The molecule has 0 aliphatic carbocycles. The van der Waals surface area contributed by atoms with E-state index in [1.807, 2.05) is 54.4 Å². The SMILES string of the molecule is Cc1ccccc1OC1=CC(Nc2cncnc2)N(Cc2cc(F)cc(F)c2)C=C1. The lowest BCUT2D eigenvalue weighted by Crippen LogP contribution is -2.37. The summed E-state index contributed by atoms with van der Waals surface area (Å²) in [5.74, 6) is 0.202. The minimum Gasteiger partial charge on any atom is -0.457 e. The molecule has 1 unspecified atom stereocenters. The third-order valence-corrected chi connectivity index (χ3v) is 4.59. The van der Waals surface area contributed by atoms with Crippen molar-refractivity contribution in [1.82, 2.24) is 14.9 Å². The highest BCUT2D eigenvalue weighted by Crippen LogP contribution is 2.24. The van der Waals surface area contributed by atoms with Crippen molar-refractivity contribution in [1.29, 1.82) is 0 Å². The van der Waals surface area contributed by atoms with Crippen LogP contribution in [0.25, 0.3) is 0 Å². The molecule has 3 aromatic rings. The molecule has 0 radical (unpaired) electrons. The van der Waals surface area contributed by atoms with Gasteiger partial charge in [-0.3, -0.25) is 0 Å². The third-order valence-electron chi connectivity index (χ3n) is 4.59. The van der Waals surface area contributed by atoms with Crippen LogP contribution in [0, 0.1) is 18.6 Å². The minimum absolute atomic E-state index is 0.296. The molecule has 1 N–H and O–H groups in total. The van der Waals surface area contributed by atoms with E-state index >= 15 is 0 Å². The van der Waals surface area contributed by atoms with Crippen molar-refractivity contribution in [3.05, 3.63) is 108 Å². The summed E-state index contributed by atoms with van der Waals surface area (Å²) < 4.78 is 33.3. The summed E-state index contributed by atoms with van der Waals surface area (Å²) in [5, 5.41) is 3.32. The van der Waals surface area contributed by atoms with Gasteiger partial charge in [-0.05, 0) is 42.3 Å². The molecule has 1 aromatic heterocycles. The fraction of sp³-hybridized carbons (Fsp3) is 0.130. The number of nitrogens with one attached hydrogen (secondary N) is 1. The summed E-state index contributed by atoms with van der Waals surface area (Å²) in [5.41, 5.74) is 2.25. The van der Waals surface area contributed by atoms with Gasteiger partial charge in [-0.25, -0.2) is 18.7 Å². The van der Waals surface area contributed by atoms with E-state index < -0.39 is 11.6 Å². The lowest BCUT2D eigenvalue weighted by molar-refractivity contribution is 0.313. The maximum atomic E-state index is 13.6. The minimum atomic E-state index is -0.605. The number of benzene rings is 2. The van der Waals surface area contributed by atoms with Gasteiger partial charge in [-0.2, -0.15) is 0 Å². The topological polar surface area (TPSA) is 50.3 Å². The Morgan fingerprint density at radius 3 is 2.53 bits per heavy atom. The fourth-order valence-corrected chi connectivity index (χ4v) is 3.17. The summed E-state index contributed by atoms with van der Waals surface area (Å²) in [4.78, 5) is 9.95. The van der Waals surface area contributed by atoms with Gasteiger partial charge in [-0.1, -0.05) is 18.2 Å². The fourth-order valence-electron chi connectivity index (χ4n) is 3.17. The molecule has 5 nitrogen and oxygen atoms in total. The number of halogens is 2. The number of hydrogen-bond acceptors (Lipinski definition) is 5. The van der Waals surface area contributed by atoms with Crippen LogP contribution in [0.3, 0.4) is 0 Å². The van der Waals surface area contributed by atoms with E-state index in [1.54, 1.807) is 12.4 Å². The summed E-state index contributed by atoms with van der Waals surface area (Å²) in [7, 11) is 0. The number of hydrogen-bond donors (Lipinski definition) is 1. The third kappa shape index (κ3) is 4.81. The molecule has 4 rings (SSSR count). The summed E-state index contributed by atoms with van der Waals surface area (Å²) in [6, 6.07) is 11.2. The van der Waals surface area contributed by atoms with Crippen molar-refractivity contribution in [2.75, 3.05) is 5.32 Å². The highest BCUT2D eigenvalue weighted by molar-refractivity contribution is 5.42. The molecule has 0 amide bonds. The number of aromatic nitrogens is 2. The first-order valence-electron chi connectivity index (χ1n) is 9.42. The van der Waals surface area contributed by atoms with E-state index in [4.69, 9.17) is 4.74 Å². The van der Waals surface area contributed by atoms with Gasteiger partial charge in [0.1, 0.15) is 35.6 Å². The van der Waals surface area contributed by atoms with Crippen molar-refractivity contribution in [3.8, 4) is 5.75 Å². The smallest absolute Gasteiger partial charge is 0.130 e. The molecule has 0 spiro atoms. The predicted molar refractivity (Wildman–Crippen MR) is 110 cm³/mol. The monoisotopic (exact) mass is 406 g/mol. The standard InChI is InChI=1S/C23H20F2N4O/c1-16-4-2-3-5-22(16)30-21-6-7-29(14-17-8-18(24)10-19(25)9-17)23(11-21)28-20-12-26-15-27-13-20/h2-13,15,23,28H,14H2,1H3. The number of allylic oxidation sites excluding steroid dienone is 1. The predicted octanol–water partition coefficient (Wildman–Crippen LogP) is 4.79. The van der Waals surface area contributed by atoms with Crippen LogP contribution < -0.4 is 10.1 Å². The number of nitrogens with zero attached hydrogens (tertiary/aromatic N) is 3. The van der Waals surface area contributed by atoms with Gasteiger partial charge in [-0.15, -0.1) is 0 Å². The van der Waals surface area contributed by atoms with Gasteiger partial charge in [0, 0.05) is 24.9 Å². The van der Waals surface area contributed by atoms with Crippen LogP contribution in [-0.2, 0) is 6.54 Å². The Labute approximate surface area is 173 Å². The lowest BCUT2D eigenvalue weighted by Gasteiger charge is -2.33. The molecule has 0 saturated carbocycles. The first kappa shape index (κ1) is 19.6. The lowest BCUT2D eigenvalue weighted by atomic mass is 10.1. The number of anilines is 1. The van der Waals surface area contributed by atoms with Crippen LogP contribution in [0.15, 0.2) is 85.3 Å². The average Bonchev–Trinajstić information content (AvgIpc) is 2.72. The summed E-state index contributed by atoms with van der Waals surface area (Å²) in [6.45, 7) is 2.27. The first-order chi connectivity index (χ1) is 14.6. The van der Waals surface area contributed by atoms with Crippen LogP contribution in [-0.4, -0.2) is 21.0 Å². The normalized spacial score (nSPS) is 15.6. The van der Waals surface area contributed by atoms with E-state index in [2.05, 4.69) is 15.3 Å².